The molecule has 58 heavy (non-hydrogen) atoms. The molecule has 0 N–H and O–H groups in total. The summed E-state index contributed by atoms with van der Waals surface area (Å²) in [7, 11) is 0. The van der Waals surface area contributed by atoms with Crippen LogP contribution in [0.2, 0.25) is 0 Å². The van der Waals surface area contributed by atoms with Crippen molar-refractivity contribution >= 4 is 97.2 Å². The van der Waals surface area contributed by atoms with Crippen LogP contribution in [0.3, 0.4) is 0 Å². The van der Waals surface area contributed by atoms with Crippen molar-refractivity contribution in [3.05, 3.63) is 170 Å². The van der Waals surface area contributed by atoms with E-state index in [1.807, 2.05) is 12.1 Å². The molecule has 6 heterocycles. The average molecular weight is 757 g/mol. The second-order valence-electron chi connectivity index (χ2n) is 15.2. The van der Waals surface area contributed by atoms with Gasteiger partial charge in [0.25, 0.3) is 0 Å². The fourth-order valence-corrected chi connectivity index (χ4v) is 11.1. The zero-order valence-electron chi connectivity index (χ0n) is 30.8. The van der Waals surface area contributed by atoms with Crippen LogP contribution in [0.4, 0.5) is 0 Å². The van der Waals surface area contributed by atoms with Crippen molar-refractivity contribution in [1.29, 1.82) is 0 Å². The fourth-order valence-electron chi connectivity index (χ4n) is 10.0. The van der Waals surface area contributed by atoms with Crippen LogP contribution in [0.5, 0.6) is 0 Å². The van der Waals surface area contributed by atoms with Gasteiger partial charge in [0.15, 0.2) is 0 Å². The Morgan fingerprint density at radius 3 is 1.97 bits per heavy atom. The van der Waals surface area contributed by atoms with E-state index in [1.165, 1.54) is 59.8 Å². The second kappa shape index (κ2) is 11.1. The lowest BCUT2D eigenvalue weighted by molar-refractivity contribution is 0.669. The predicted octanol–water partition coefficient (Wildman–Crippen LogP) is 14.3. The summed E-state index contributed by atoms with van der Waals surface area (Å²) in [5.41, 5.74) is 14.3. The normalized spacial score (nSPS) is 12.5. The number of aromatic nitrogens is 4. The molecule has 0 aliphatic carbocycles. The summed E-state index contributed by atoms with van der Waals surface area (Å²) in [6.07, 6.45) is 0. The first-order valence-corrected chi connectivity index (χ1v) is 20.4. The molecule has 0 saturated heterocycles. The van der Waals surface area contributed by atoms with Gasteiger partial charge in [-0.3, -0.25) is 4.57 Å². The highest BCUT2D eigenvalue weighted by molar-refractivity contribution is 7.25. The Morgan fingerprint density at radius 2 is 1.09 bits per heavy atom. The van der Waals surface area contributed by atoms with Gasteiger partial charge in [-0.25, -0.2) is 9.97 Å². The number of furan rings is 1. The van der Waals surface area contributed by atoms with Crippen LogP contribution in [0.25, 0.3) is 131 Å². The lowest BCUT2D eigenvalue weighted by Gasteiger charge is -2.13. The largest absolute Gasteiger partial charge is 0.456 e. The third-order valence-corrected chi connectivity index (χ3v) is 13.4. The van der Waals surface area contributed by atoms with E-state index in [4.69, 9.17) is 14.4 Å². The third kappa shape index (κ3) is 3.85. The molecule has 0 radical (unpaired) electrons. The Kier molecular flexibility index (Phi) is 5.85. The van der Waals surface area contributed by atoms with Gasteiger partial charge in [0, 0.05) is 64.5 Å². The summed E-state index contributed by atoms with van der Waals surface area (Å²) in [5.74, 6) is 0.644. The number of nitrogens with zero attached hydrogens (tertiary/aromatic N) is 4. The van der Waals surface area contributed by atoms with E-state index >= 15 is 0 Å². The lowest BCUT2D eigenvalue weighted by Crippen LogP contribution is -2.03. The topological polar surface area (TPSA) is 48.8 Å². The van der Waals surface area contributed by atoms with Crippen molar-refractivity contribution in [3.63, 3.8) is 0 Å². The molecule has 268 valence electrons. The van der Waals surface area contributed by atoms with E-state index < -0.39 is 0 Å². The molecule has 5 nitrogen and oxygen atoms in total. The molecule has 14 rings (SSSR count). The van der Waals surface area contributed by atoms with E-state index in [-0.39, 0.29) is 0 Å². The molecular formula is C52H28N4OS. The van der Waals surface area contributed by atoms with Crippen LogP contribution in [0.15, 0.2) is 174 Å². The standard InChI is InChI=1S/C52H28N4OS/c1-2-17-32-29(14-1)30-15-3-8-22-38(30)55-39-23-9-4-16-31(39)37-28-41-46(47(32)50(37)55)33-18-5-10-24-40(33)56(41)52-53-49(48-35-20-7-12-27-44(35)58-51(48)54-52)36-21-13-26-43-45(36)34-19-6-11-25-42(34)57-43/h1-28H. The average Bonchev–Trinajstić information content (AvgIpc) is 4.01. The van der Waals surface area contributed by atoms with E-state index in [9.17, 15) is 0 Å². The fraction of sp³-hybridized carbons (Fsp3) is 0. The molecule has 0 amide bonds. The number of hydrogen-bond acceptors (Lipinski definition) is 4. The molecule has 0 bridgehead atoms. The van der Waals surface area contributed by atoms with Gasteiger partial charge in [0.05, 0.1) is 33.4 Å². The third-order valence-electron chi connectivity index (χ3n) is 12.3. The summed E-state index contributed by atoms with van der Waals surface area (Å²) in [6, 6.07) is 61.0. The number of fused-ring (bicyclic) bond motifs is 18. The molecule has 1 aliphatic rings. The van der Waals surface area contributed by atoms with E-state index in [1.54, 1.807) is 11.3 Å². The van der Waals surface area contributed by atoms with Crippen LogP contribution in [-0.4, -0.2) is 19.1 Å². The Bertz CT molecular complexity index is 3940. The van der Waals surface area contributed by atoms with Crippen LogP contribution in [0.1, 0.15) is 0 Å². The maximum Gasteiger partial charge on any atom is 0.236 e. The van der Waals surface area contributed by atoms with E-state index in [0.29, 0.717) is 5.95 Å². The minimum atomic E-state index is 0.644. The summed E-state index contributed by atoms with van der Waals surface area (Å²) >= 11 is 1.72. The molecule has 0 unspecified atom stereocenters. The summed E-state index contributed by atoms with van der Waals surface area (Å²) in [6.45, 7) is 0. The van der Waals surface area contributed by atoms with Crippen molar-refractivity contribution in [2.45, 2.75) is 0 Å². The van der Waals surface area contributed by atoms with Crippen molar-refractivity contribution in [2.24, 2.45) is 0 Å². The van der Waals surface area contributed by atoms with Crippen molar-refractivity contribution < 1.29 is 4.42 Å². The second-order valence-corrected chi connectivity index (χ2v) is 16.3. The molecule has 0 fully saturated rings. The summed E-state index contributed by atoms with van der Waals surface area (Å²) in [4.78, 5) is 12.2. The first kappa shape index (κ1) is 30.7. The zero-order chi connectivity index (χ0) is 37.6. The zero-order valence-corrected chi connectivity index (χ0v) is 31.6. The van der Waals surface area contributed by atoms with Crippen LogP contribution in [-0.2, 0) is 0 Å². The van der Waals surface area contributed by atoms with Gasteiger partial charge in [0.1, 0.15) is 16.0 Å². The summed E-state index contributed by atoms with van der Waals surface area (Å²) < 4.78 is 12.4. The Morgan fingerprint density at radius 1 is 0.431 bits per heavy atom. The molecule has 0 spiro atoms. The molecular weight excluding hydrogens is 729 g/mol. The van der Waals surface area contributed by atoms with Crippen LogP contribution in [0, 0.1) is 0 Å². The van der Waals surface area contributed by atoms with Gasteiger partial charge in [0.2, 0.25) is 5.95 Å². The van der Waals surface area contributed by atoms with Crippen LogP contribution >= 0.6 is 11.3 Å². The molecule has 1 aliphatic heterocycles. The molecule has 0 saturated carbocycles. The SMILES string of the molecule is c1ccc2c(c1)-c1ccccc1-n1c3ccccc3c3cc4c(c-2c31)c1ccccc1n4-c1nc(-c2cccc3oc4ccccc4c23)c2c(n1)sc1ccccc12. The molecule has 0 atom stereocenters. The van der Waals surface area contributed by atoms with Gasteiger partial charge in [-0.15, -0.1) is 11.3 Å². The Hall–Kier alpha value is -7.54. The quantitative estimate of drug-likeness (QED) is 0.176. The number of rotatable bonds is 2. The Labute approximate surface area is 334 Å². The maximum atomic E-state index is 6.44. The molecule has 6 heteroatoms. The van der Waals surface area contributed by atoms with E-state index in [0.717, 1.165) is 65.2 Å². The van der Waals surface area contributed by atoms with Gasteiger partial charge >= 0.3 is 0 Å². The monoisotopic (exact) mass is 756 g/mol. The lowest BCUT2D eigenvalue weighted by atomic mass is 9.91. The minimum absolute atomic E-state index is 0.644. The highest BCUT2D eigenvalue weighted by Crippen LogP contribution is 2.52. The predicted molar refractivity (Wildman–Crippen MR) is 241 cm³/mol. The molecule has 8 aromatic carbocycles. The van der Waals surface area contributed by atoms with Gasteiger partial charge in [-0.2, -0.15) is 0 Å². The summed E-state index contributed by atoms with van der Waals surface area (Å²) in [5, 5.41) is 9.13. The smallest absolute Gasteiger partial charge is 0.236 e. The van der Waals surface area contributed by atoms with Gasteiger partial charge in [-0.05, 0) is 53.6 Å². The van der Waals surface area contributed by atoms with Crippen molar-refractivity contribution in [3.8, 4) is 45.1 Å². The number of benzene rings is 8. The number of hydrogen-bond donors (Lipinski definition) is 0. The Balaban J connectivity index is 1.19. The first-order valence-electron chi connectivity index (χ1n) is 19.6. The number of para-hydroxylation sites is 4. The van der Waals surface area contributed by atoms with Gasteiger partial charge in [-0.1, -0.05) is 127 Å². The first-order chi connectivity index (χ1) is 28.8. The van der Waals surface area contributed by atoms with Crippen molar-refractivity contribution in [1.82, 2.24) is 19.1 Å². The number of thiophene rings is 1. The van der Waals surface area contributed by atoms with Gasteiger partial charge < -0.3 is 8.98 Å². The molecule has 13 aromatic rings. The van der Waals surface area contributed by atoms with E-state index in [2.05, 4.69) is 167 Å². The highest BCUT2D eigenvalue weighted by Gasteiger charge is 2.30. The maximum absolute atomic E-state index is 6.44. The molecule has 5 aromatic heterocycles. The van der Waals surface area contributed by atoms with Crippen LogP contribution < -0.4 is 0 Å². The van der Waals surface area contributed by atoms with Crippen molar-refractivity contribution in [2.75, 3.05) is 0 Å². The minimum Gasteiger partial charge on any atom is -0.456 e. The highest BCUT2D eigenvalue weighted by atomic mass is 32.1.